The van der Waals surface area contributed by atoms with Crippen LogP contribution in [0.15, 0.2) is 54.6 Å². The smallest absolute Gasteiger partial charge is 0.340 e. The number of carbonyl (C=O) groups excluding carboxylic acids is 1. The van der Waals surface area contributed by atoms with Crippen LogP contribution < -0.4 is 10.6 Å². The molecule has 8 heteroatoms. The maximum atomic E-state index is 12.8. The lowest BCUT2D eigenvalue weighted by Crippen LogP contribution is -2.23. The minimum atomic E-state index is -4.40. The summed E-state index contributed by atoms with van der Waals surface area (Å²) in [5, 5.41) is 12.9. The van der Waals surface area contributed by atoms with Crippen LogP contribution in [-0.2, 0) is 11.0 Å². The number of nitrogens with zero attached hydrogens (tertiary/aromatic N) is 1. The second-order valence-electron chi connectivity index (χ2n) is 6.28. The molecule has 1 aliphatic rings. The number of nitrogens with one attached hydrogen (secondary N) is 3. The van der Waals surface area contributed by atoms with Crippen LogP contribution in [0.5, 0.6) is 0 Å². The maximum Gasteiger partial charge on any atom is 0.416 e. The van der Waals surface area contributed by atoms with Crippen molar-refractivity contribution in [3.8, 4) is 0 Å². The molecule has 0 saturated carbocycles. The monoisotopic (exact) mass is 372 g/mol. The number of benzene rings is 2. The van der Waals surface area contributed by atoms with E-state index in [0.717, 1.165) is 23.4 Å². The quantitative estimate of drug-likeness (QED) is 0.627. The maximum absolute atomic E-state index is 12.8. The molecule has 1 amide bonds. The molecule has 5 nitrogen and oxygen atoms in total. The molecule has 0 spiro atoms. The lowest BCUT2D eigenvalue weighted by Gasteiger charge is -2.24. The molecule has 1 aliphatic heterocycles. The summed E-state index contributed by atoms with van der Waals surface area (Å²) in [5.41, 5.74) is 1.45. The Bertz CT molecular complexity index is 965. The van der Waals surface area contributed by atoms with Gasteiger partial charge in [-0.2, -0.15) is 18.3 Å². The van der Waals surface area contributed by atoms with Crippen molar-refractivity contribution in [2.24, 2.45) is 0 Å². The number of hydrogen-bond donors (Lipinski definition) is 3. The molecular weight excluding hydrogens is 357 g/mol. The van der Waals surface area contributed by atoms with Crippen LogP contribution in [0.25, 0.3) is 0 Å². The number of aromatic nitrogens is 2. The molecule has 0 aliphatic carbocycles. The molecule has 1 aromatic heterocycles. The Balaban J connectivity index is 1.71. The number of para-hydroxylation sites is 1. The van der Waals surface area contributed by atoms with Crippen LogP contribution in [0, 0.1) is 0 Å². The van der Waals surface area contributed by atoms with Crippen molar-refractivity contribution >= 4 is 23.2 Å². The fourth-order valence-corrected chi connectivity index (χ4v) is 3.21. The first-order valence-corrected chi connectivity index (χ1v) is 8.29. The summed E-state index contributed by atoms with van der Waals surface area (Å²) >= 11 is 0. The molecule has 2 heterocycles. The highest BCUT2D eigenvalue weighted by Crippen LogP contribution is 2.41. The average molecular weight is 372 g/mol. The van der Waals surface area contributed by atoms with Gasteiger partial charge >= 0.3 is 6.18 Å². The number of rotatable bonds is 3. The van der Waals surface area contributed by atoms with Crippen LogP contribution in [0.1, 0.15) is 29.0 Å². The molecule has 0 radical (unpaired) electrons. The second kappa shape index (κ2) is 6.46. The van der Waals surface area contributed by atoms with E-state index in [1.807, 2.05) is 30.3 Å². The van der Waals surface area contributed by atoms with Crippen LogP contribution >= 0.6 is 0 Å². The first-order chi connectivity index (χ1) is 12.9. The predicted octanol–water partition coefficient (Wildman–Crippen LogP) is 4.65. The molecule has 138 valence electrons. The zero-order valence-corrected chi connectivity index (χ0v) is 14.0. The third kappa shape index (κ3) is 3.38. The van der Waals surface area contributed by atoms with Gasteiger partial charge in [0.25, 0.3) is 0 Å². The van der Waals surface area contributed by atoms with E-state index in [-0.39, 0.29) is 12.3 Å². The number of anilines is 3. The van der Waals surface area contributed by atoms with Crippen molar-refractivity contribution in [3.63, 3.8) is 0 Å². The van der Waals surface area contributed by atoms with E-state index >= 15 is 0 Å². The fraction of sp³-hybridized carbons (Fsp3) is 0.158. The van der Waals surface area contributed by atoms with Gasteiger partial charge in [0.1, 0.15) is 5.82 Å². The van der Waals surface area contributed by atoms with Gasteiger partial charge in [-0.15, -0.1) is 0 Å². The molecular formula is C19H15F3N4O. The average Bonchev–Trinajstić information content (AvgIpc) is 3.04. The van der Waals surface area contributed by atoms with Gasteiger partial charge in [-0.05, 0) is 29.8 Å². The lowest BCUT2D eigenvalue weighted by atomic mass is 9.86. The van der Waals surface area contributed by atoms with Crippen molar-refractivity contribution in [3.05, 3.63) is 71.3 Å². The third-order valence-electron chi connectivity index (χ3n) is 4.48. The van der Waals surface area contributed by atoms with Crippen molar-refractivity contribution in [1.82, 2.24) is 10.2 Å². The normalized spacial score (nSPS) is 16.6. The summed E-state index contributed by atoms with van der Waals surface area (Å²) in [6.45, 7) is 0. The first kappa shape index (κ1) is 17.1. The molecule has 2 aromatic carbocycles. The molecule has 3 N–H and O–H groups in total. The van der Waals surface area contributed by atoms with E-state index in [1.165, 1.54) is 12.1 Å². The highest BCUT2D eigenvalue weighted by atomic mass is 19.4. The number of fused-ring (bicyclic) bond motifs is 1. The van der Waals surface area contributed by atoms with Gasteiger partial charge in [0.2, 0.25) is 5.91 Å². The SMILES string of the molecule is O=C1CC(c2ccc(C(F)(F)F)cc2)c2c(n[nH]c2Nc2ccccc2)N1. The van der Waals surface area contributed by atoms with Crippen LogP contribution in [0.4, 0.5) is 30.5 Å². The molecule has 1 unspecified atom stereocenters. The van der Waals surface area contributed by atoms with Gasteiger partial charge in [0, 0.05) is 23.6 Å². The van der Waals surface area contributed by atoms with Gasteiger partial charge in [0.15, 0.2) is 5.82 Å². The molecule has 0 saturated heterocycles. The van der Waals surface area contributed by atoms with E-state index in [4.69, 9.17) is 0 Å². The predicted molar refractivity (Wildman–Crippen MR) is 94.8 cm³/mol. The van der Waals surface area contributed by atoms with Gasteiger partial charge < -0.3 is 10.6 Å². The van der Waals surface area contributed by atoms with Gasteiger partial charge in [0.05, 0.1) is 5.56 Å². The fourth-order valence-electron chi connectivity index (χ4n) is 3.21. The minimum absolute atomic E-state index is 0.126. The topological polar surface area (TPSA) is 69.8 Å². The number of alkyl halides is 3. The van der Waals surface area contributed by atoms with Crippen LogP contribution in [0.2, 0.25) is 0 Å². The summed E-state index contributed by atoms with van der Waals surface area (Å²) in [7, 11) is 0. The van der Waals surface area contributed by atoms with Crippen molar-refractivity contribution in [1.29, 1.82) is 0 Å². The number of H-pyrrole nitrogens is 1. The minimum Gasteiger partial charge on any atom is -0.340 e. The highest BCUT2D eigenvalue weighted by Gasteiger charge is 2.34. The summed E-state index contributed by atoms with van der Waals surface area (Å²) < 4.78 is 38.5. The molecule has 4 rings (SSSR count). The zero-order chi connectivity index (χ0) is 19.0. The standard InChI is InChI=1S/C19H15F3N4O/c20-19(21,22)12-8-6-11(7-9-12)14-10-15(27)24-18-16(14)17(25-26-18)23-13-4-2-1-3-5-13/h1-9,14H,10H2,(H3,23,24,25,26,27). The number of amides is 1. The molecule has 0 bridgehead atoms. The largest absolute Gasteiger partial charge is 0.416 e. The molecule has 0 fully saturated rings. The Morgan fingerprint density at radius 3 is 2.41 bits per heavy atom. The summed E-state index contributed by atoms with van der Waals surface area (Å²) in [6, 6.07) is 14.3. The van der Waals surface area contributed by atoms with Crippen molar-refractivity contribution < 1.29 is 18.0 Å². The summed E-state index contributed by atoms with van der Waals surface area (Å²) in [6.07, 6.45) is -4.27. The van der Waals surface area contributed by atoms with E-state index < -0.39 is 17.7 Å². The van der Waals surface area contributed by atoms with Gasteiger partial charge in [-0.3, -0.25) is 9.89 Å². The highest BCUT2D eigenvalue weighted by molar-refractivity contribution is 5.95. The van der Waals surface area contributed by atoms with E-state index in [2.05, 4.69) is 20.8 Å². The van der Waals surface area contributed by atoms with Crippen LogP contribution in [0.3, 0.4) is 0 Å². The zero-order valence-electron chi connectivity index (χ0n) is 14.0. The Hall–Kier alpha value is -3.29. The van der Waals surface area contributed by atoms with E-state index in [0.29, 0.717) is 17.2 Å². The van der Waals surface area contributed by atoms with E-state index in [9.17, 15) is 18.0 Å². The number of aromatic amines is 1. The molecule has 3 aromatic rings. The van der Waals surface area contributed by atoms with Crippen LogP contribution in [-0.4, -0.2) is 16.1 Å². The van der Waals surface area contributed by atoms with E-state index in [1.54, 1.807) is 0 Å². The summed E-state index contributed by atoms with van der Waals surface area (Å²) in [4.78, 5) is 12.0. The van der Waals surface area contributed by atoms with Crippen molar-refractivity contribution in [2.75, 3.05) is 10.6 Å². The van der Waals surface area contributed by atoms with Crippen molar-refractivity contribution in [2.45, 2.75) is 18.5 Å². The Morgan fingerprint density at radius 2 is 1.74 bits per heavy atom. The summed E-state index contributed by atoms with van der Waals surface area (Å²) in [5.74, 6) is 0.349. The Labute approximate surface area is 152 Å². The number of carbonyl (C=O) groups is 1. The molecule has 1 atom stereocenters. The Kier molecular flexibility index (Phi) is 4.10. The second-order valence-corrected chi connectivity index (χ2v) is 6.28. The Morgan fingerprint density at radius 1 is 1.04 bits per heavy atom. The first-order valence-electron chi connectivity index (χ1n) is 8.29. The number of hydrogen-bond acceptors (Lipinski definition) is 3. The lowest BCUT2D eigenvalue weighted by molar-refractivity contribution is -0.137. The van der Waals surface area contributed by atoms with Gasteiger partial charge in [-0.1, -0.05) is 30.3 Å². The number of halogens is 3. The third-order valence-corrected chi connectivity index (χ3v) is 4.48. The van der Waals surface area contributed by atoms with Gasteiger partial charge in [-0.25, -0.2) is 0 Å². The molecule has 27 heavy (non-hydrogen) atoms.